The van der Waals surface area contributed by atoms with Crippen LogP contribution >= 0.6 is 0 Å². The van der Waals surface area contributed by atoms with E-state index in [-0.39, 0.29) is 68.3 Å². The number of Topliss-reactive ketones (excluding diaryl/α,β-unsaturated/α-hetero) is 1. The van der Waals surface area contributed by atoms with Gasteiger partial charge in [-0.3, -0.25) is 19.2 Å². The Morgan fingerprint density at radius 1 is 1.05 bits per heavy atom. The van der Waals surface area contributed by atoms with E-state index in [4.69, 9.17) is 33.1 Å². The van der Waals surface area contributed by atoms with Crippen LogP contribution in [0.3, 0.4) is 0 Å². The third kappa shape index (κ3) is 7.92. The molecule has 2 aromatic rings. The summed E-state index contributed by atoms with van der Waals surface area (Å²) in [5.74, 6) is -2.76. The number of ether oxygens (including phenoxy) is 5. The Labute approximate surface area is 337 Å². The number of amides is 1. The van der Waals surface area contributed by atoms with E-state index in [1.807, 2.05) is 13.0 Å². The van der Waals surface area contributed by atoms with Gasteiger partial charge in [-0.15, -0.1) is 0 Å². The number of ketones is 1. The molecule has 2 aromatic carbocycles. The van der Waals surface area contributed by atoms with Crippen molar-refractivity contribution in [3.05, 3.63) is 76.2 Å². The van der Waals surface area contributed by atoms with Gasteiger partial charge in [-0.05, 0) is 56.2 Å². The van der Waals surface area contributed by atoms with Gasteiger partial charge in [0.25, 0.3) is 5.78 Å². The van der Waals surface area contributed by atoms with E-state index >= 15 is 4.79 Å². The minimum Gasteiger partial charge on any atom is -0.488 e. The molecule has 306 valence electrons. The zero-order chi connectivity index (χ0) is 41.7. The van der Waals surface area contributed by atoms with E-state index in [0.29, 0.717) is 40.8 Å². The van der Waals surface area contributed by atoms with Crippen LogP contribution in [0.15, 0.2) is 64.1 Å². The van der Waals surface area contributed by atoms with E-state index in [2.05, 4.69) is 40.3 Å². The maximum absolute atomic E-state index is 15.2. The molecule has 1 N–H and O–H groups in total. The van der Waals surface area contributed by atoms with Crippen LogP contribution in [0.5, 0.6) is 17.2 Å². The molecule has 6 bridgehead atoms. The van der Waals surface area contributed by atoms with Crippen LogP contribution < -0.4 is 25.0 Å². The summed E-state index contributed by atoms with van der Waals surface area (Å²) in [7, 11) is 6.21. The number of quaternary nitrogens is 1. The molecule has 1 aliphatic carbocycles. The first-order chi connectivity index (χ1) is 27.4. The number of carbonyl (C=O) groups is 3. The number of fused-ring (bicyclic) bond motifs is 8. The highest BCUT2D eigenvalue weighted by Crippen LogP contribution is 2.51. The molecule has 58 heavy (non-hydrogen) atoms. The lowest BCUT2D eigenvalue weighted by Crippen LogP contribution is -2.41. The molecule has 4 heterocycles. The highest BCUT2D eigenvalue weighted by atomic mass is 16.7. The first-order valence-corrected chi connectivity index (χ1v) is 19.8. The minimum atomic E-state index is -1.81. The number of nitrogens with zero attached hydrogens (tertiary/aromatic N) is 2. The molecule has 0 radical (unpaired) electrons. The predicted molar refractivity (Wildman–Crippen MR) is 219 cm³/mol. The van der Waals surface area contributed by atoms with Gasteiger partial charge in [0.05, 0.1) is 38.4 Å². The Morgan fingerprint density at radius 2 is 1.83 bits per heavy atom. The second kappa shape index (κ2) is 15.6. The van der Waals surface area contributed by atoms with E-state index in [1.54, 1.807) is 43.4 Å². The van der Waals surface area contributed by atoms with E-state index in [0.717, 1.165) is 13.0 Å². The maximum atomic E-state index is 15.2. The predicted octanol–water partition coefficient (Wildman–Crippen LogP) is 7.50. The molecule has 0 saturated heterocycles. The van der Waals surface area contributed by atoms with Crippen LogP contribution in [0.4, 0.5) is 5.69 Å². The number of anilines is 1. The Hall–Kier alpha value is -5.69. The minimum absolute atomic E-state index is 0.00798. The molecule has 0 spiro atoms. The molecule has 13 nitrogen and oxygen atoms in total. The molecule has 6 atom stereocenters. The lowest BCUT2D eigenvalue weighted by Gasteiger charge is -2.34. The summed E-state index contributed by atoms with van der Waals surface area (Å²) >= 11 is 0. The molecule has 0 aromatic heterocycles. The highest BCUT2D eigenvalue weighted by Gasteiger charge is 2.50. The van der Waals surface area contributed by atoms with Crippen LogP contribution in [0.25, 0.3) is 33.3 Å². The average Bonchev–Trinajstić information content (AvgIpc) is 3.41. The number of carbonyl (C=O) groups excluding carboxylic acids is 3. The molecule has 1 amide bonds. The molecule has 4 aliphatic heterocycles. The fourth-order valence-corrected chi connectivity index (χ4v) is 8.03. The first kappa shape index (κ1) is 40.5. The summed E-state index contributed by atoms with van der Waals surface area (Å²) in [6, 6.07) is 5.19. The van der Waals surface area contributed by atoms with E-state index in [9.17, 15) is 14.4 Å². The molecule has 7 rings (SSSR count). The third-order valence-corrected chi connectivity index (χ3v) is 11.0. The molecule has 0 fully saturated rings. The van der Waals surface area contributed by atoms with Crippen molar-refractivity contribution in [1.82, 2.24) is 4.98 Å². The topological polar surface area (TPSA) is 152 Å². The molecule has 5 aliphatic rings. The van der Waals surface area contributed by atoms with Gasteiger partial charge in [0, 0.05) is 42.9 Å². The SMILES string of the molecule is CC(=O)OC1C2C[C@H](C)CC(C)/C=C/C=C\C(=O)Nc3c4oc5cc(OCC[N+](C)(C)C)ccc5nc-4c4c5c(c(C)c(c4c3=O)O2)O[C@](C)(O/C=C/C[C@H]1C)C5=O. The summed E-state index contributed by atoms with van der Waals surface area (Å²) in [5.41, 5.74) is 0.376. The number of rotatable bonds is 5. The lowest BCUT2D eigenvalue weighted by molar-refractivity contribution is -0.870. The zero-order valence-corrected chi connectivity index (χ0v) is 34.6. The number of hydrogen-bond acceptors (Lipinski definition) is 11. The number of likely N-dealkylation sites (N-methyl/N-ethyl adjacent to an activating group) is 1. The number of allylic oxidation sites excluding steroid dienone is 4. The van der Waals surface area contributed by atoms with Gasteiger partial charge in [-0.2, -0.15) is 0 Å². The first-order valence-electron chi connectivity index (χ1n) is 19.8. The van der Waals surface area contributed by atoms with Crippen LogP contribution in [0.2, 0.25) is 0 Å². The number of hydrogen-bond donors (Lipinski definition) is 1. The number of benzene rings is 3. The van der Waals surface area contributed by atoms with Crippen molar-refractivity contribution in [2.45, 2.75) is 78.8 Å². The van der Waals surface area contributed by atoms with Crippen LogP contribution in [-0.4, -0.2) is 79.4 Å². The summed E-state index contributed by atoms with van der Waals surface area (Å²) in [5, 5.41) is 2.89. The van der Waals surface area contributed by atoms with Gasteiger partial charge in [-0.25, -0.2) is 4.98 Å². The lowest BCUT2D eigenvalue weighted by atomic mass is 9.86. The fraction of sp³-hybridized carbons (Fsp3) is 0.444. The molecule has 0 saturated carbocycles. The average molecular weight is 795 g/mol. The van der Waals surface area contributed by atoms with Gasteiger partial charge in [0.15, 0.2) is 11.3 Å². The number of aromatic nitrogens is 1. The van der Waals surface area contributed by atoms with Crippen molar-refractivity contribution < 1.29 is 47.0 Å². The van der Waals surface area contributed by atoms with Gasteiger partial charge >= 0.3 is 11.8 Å². The molecule has 3 unspecified atom stereocenters. The van der Waals surface area contributed by atoms with Gasteiger partial charge < -0.3 is 37.9 Å². The molecular weight excluding hydrogens is 743 g/mol. The van der Waals surface area contributed by atoms with Gasteiger partial charge in [0.2, 0.25) is 11.3 Å². The third-order valence-electron chi connectivity index (χ3n) is 11.0. The highest BCUT2D eigenvalue weighted by molar-refractivity contribution is 6.22. The second-order valence-corrected chi connectivity index (χ2v) is 17.1. The standard InChI is InChI=1S/C45H51N3O10/c1-24-13-10-11-15-33(50)47-38-39(51)35-34(37-43(38)56-31-23-29(16-17-30(31)46-37)53-20-18-48(7,8)9)36-42-27(4)41(35)57-32(22-25(2)21-24)40(55-28(5)49)26(3)14-12-19-54-45(6,58-42)44(36)52/h10-13,15-17,19,23-26,32,40H,14,18,20-22H2,1-9H3/p+1/b13-10+,15-11-,19-12+/t24?,25-,26-,32?,40?,45+/m1/s1. The fourth-order valence-electron chi connectivity index (χ4n) is 8.03. The molecular formula is C45H52N3O10+. The van der Waals surface area contributed by atoms with Crippen molar-refractivity contribution >= 4 is 45.2 Å². The largest absolute Gasteiger partial charge is 0.488 e. The Kier molecular flexibility index (Phi) is 10.9. The normalized spacial score (nSPS) is 26.7. The van der Waals surface area contributed by atoms with Crippen molar-refractivity contribution in [3.8, 4) is 28.7 Å². The van der Waals surface area contributed by atoms with Crippen molar-refractivity contribution in [2.75, 3.05) is 39.6 Å². The van der Waals surface area contributed by atoms with Crippen LogP contribution in [0, 0.1) is 24.7 Å². The quantitative estimate of drug-likeness (QED) is 0.0926. The monoisotopic (exact) mass is 794 g/mol. The van der Waals surface area contributed by atoms with E-state index in [1.165, 1.54) is 26.2 Å². The van der Waals surface area contributed by atoms with Crippen molar-refractivity contribution in [2.24, 2.45) is 17.8 Å². The smallest absolute Gasteiger partial charge is 0.312 e. The van der Waals surface area contributed by atoms with Crippen molar-refractivity contribution in [1.29, 1.82) is 0 Å². The summed E-state index contributed by atoms with van der Waals surface area (Å²) in [4.78, 5) is 61.3. The zero-order valence-electron chi connectivity index (χ0n) is 34.6. The van der Waals surface area contributed by atoms with Gasteiger partial charge in [0.1, 0.15) is 59.5 Å². The van der Waals surface area contributed by atoms with Crippen LogP contribution in [-0.2, 0) is 19.1 Å². The summed E-state index contributed by atoms with van der Waals surface area (Å²) < 4.78 is 38.9. The van der Waals surface area contributed by atoms with E-state index < -0.39 is 41.1 Å². The number of esters is 1. The Bertz CT molecular complexity index is 2420. The molecule has 13 heteroatoms. The second-order valence-electron chi connectivity index (χ2n) is 17.1. The number of nitrogens with one attached hydrogen (secondary N) is 1. The van der Waals surface area contributed by atoms with Crippen molar-refractivity contribution in [3.63, 3.8) is 0 Å². The van der Waals surface area contributed by atoms with Crippen LogP contribution in [0.1, 0.15) is 69.8 Å². The Balaban J connectivity index is 1.57. The maximum Gasteiger partial charge on any atom is 0.312 e. The van der Waals surface area contributed by atoms with Gasteiger partial charge in [-0.1, -0.05) is 39.0 Å². The summed E-state index contributed by atoms with van der Waals surface area (Å²) in [6.45, 7) is 11.9. The summed E-state index contributed by atoms with van der Waals surface area (Å²) in [6.07, 6.45) is 10.1. The Morgan fingerprint density at radius 3 is 2.57 bits per heavy atom.